The lowest BCUT2D eigenvalue weighted by Gasteiger charge is -2.14. The average Bonchev–Trinajstić information content (AvgIpc) is 3.54. The maximum atomic E-state index is 7.21. The lowest BCUT2D eigenvalue weighted by molar-refractivity contribution is 1.30. The second kappa shape index (κ2) is 10.8. The molecule has 0 radical (unpaired) electrons. The number of imidazole rings is 1. The topological polar surface area (TPSA) is 21.7 Å². The standard InChI is InChI=1S/C44H27N3/c1-45-35-24-22-30(23-25-35)29-14-16-31(17-15-29)36-26-27-37(39-10-4-3-9-38(36)39)32-18-20-33(21-19-32)40-28-34-8-2-6-12-42(34)47-43-13-7-5-11-41(43)46-44(40)47/h2-28H. The Hall–Kier alpha value is -6.50. The monoisotopic (exact) mass is 597 g/mol. The number of hydrogen-bond donors (Lipinski definition) is 0. The fraction of sp³-hybridized carbons (Fsp3) is 0. The van der Waals surface area contributed by atoms with Crippen LogP contribution in [0.25, 0.3) is 87.7 Å². The van der Waals surface area contributed by atoms with Gasteiger partial charge in [0.1, 0.15) is 5.65 Å². The number of hydrogen-bond acceptors (Lipinski definition) is 1. The molecule has 47 heavy (non-hydrogen) atoms. The van der Waals surface area contributed by atoms with Crippen LogP contribution in [0.5, 0.6) is 0 Å². The second-order valence-electron chi connectivity index (χ2n) is 11.9. The Morgan fingerprint density at radius 3 is 1.55 bits per heavy atom. The Balaban J connectivity index is 1.11. The van der Waals surface area contributed by atoms with Gasteiger partial charge < -0.3 is 0 Å². The molecule has 0 aliphatic heterocycles. The first-order valence-electron chi connectivity index (χ1n) is 15.7. The molecule has 2 aromatic heterocycles. The molecule has 3 nitrogen and oxygen atoms in total. The largest absolute Gasteiger partial charge is 0.292 e. The van der Waals surface area contributed by atoms with E-state index in [1.807, 2.05) is 30.3 Å². The highest BCUT2D eigenvalue weighted by atomic mass is 15.0. The fourth-order valence-electron chi connectivity index (χ4n) is 6.90. The molecule has 0 atom stereocenters. The molecule has 3 heteroatoms. The van der Waals surface area contributed by atoms with Crippen LogP contribution >= 0.6 is 0 Å². The molecule has 218 valence electrons. The van der Waals surface area contributed by atoms with E-state index in [0.717, 1.165) is 44.5 Å². The van der Waals surface area contributed by atoms with Crippen LogP contribution in [0.3, 0.4) is 0 Å². The van der Waals surface area contributed by atoms with Gasteiger partial charge in [-0.05, 0) is 79.4 Å². The van der Waals surface area contributed by atoms with Gasteiger partial charge in [0.25, 0.3) is 0 Å². The quantitative estimate of drug-likeness (QED) is 0.185. The molecule has 0 amide bonds. The van der Waals surface area contributed by atoms with Gasteiger partial charge in [-0.3, -0.25) is 4.40 Å². The summed E-state index contributed by atoms with van der Waals surface area (Å²) in [6, 6.07) is 57.7. The first-order valence-corrected chi connectivity index (χ1v) is 15.7. The van der Waals surface area contributed by atoms with Crippen molar-refractivity contribution in [3.8, 4) is 44.5 Å². The van der Waals surface area contributed by atoms with Crippen molar-refractivity contribution in [2.24, 2.45) is 0 Å². The molecule has 0 unspecified atom stereocenters. The molecule has 2 heterocycles. The third kappa shape index (κ3) is 4.47. The molecule has 0 aliphatic carbocycles. The van der Waals surface area contributed by atoms with E-state index >= 15 is 0 Å². The molecule has 0 spiro atoms. The van der Waals surface area contributed by atoms with E-state index in [1.54, 1.807) is 0 Å². The van der Waals surface area contributed by atoms with E-state index < -0.39 is 0 Å². The Bertz CT molecular complexity index is 2660. The third-order valence-corrected chi connectivity index (χ3v) is 9.24. The van der Waals surface area contributed by atoms with Gasteiger partial charge in [-0.15, -0.1) is 0 Å². The zero-order valence-corrected chi connectivity index (χ0v) is 25.4. The summed E-state index contributed by atoms with van der Waals surface area (Å²) in [6.45, 7) is 7.21. The van der Waals surface area contributed by atoms with Crippen molar-refractivity contribution < 1.29 is 0 Å². The smallest absolute Gasteiger partial charge is 0.187 e. The van der Waals surface area contributed by atoms with Crippen LogP contribution in [0, 0.1) is 6.57 Å². The van der Waals surface area contributed by atoms with E-state index in [2.05, 4.69) is 143 Å². The Morgan fingerprint density at radius 2 is 0.936 bits per heavy atom. The lowest BCUT2D eigenvalue weighted by Crippen LogP contribution is -1.92. The fourth-order valence-corrected chi connectivity index (χ4v) is 6.90. The molecule has 0 saturated heterocycles. The summed E-state index contributed by atoms with van der Waals surface area (Å²) in [5.74, 6) is 0. The summed E-state index contributed by atoms with van der Waals surface area (Å²) in [5, 5.41) is 3.64. The van der Waals surface area contributed by atoms with E-state index in [-0.39, 0.29) is 0 Å². The van der Waals surface area contributed by atoms with Gasteiger partial charge in [0.15, 0.2) is 5.69 Å². The van der Waals surface area contributed by atoms with E-state index in [9.17, 15) is 0 Å². The van der Waals surface area contributed by atoms with Gasteiger partial charge in [0.2, 0.25) is 0 Å². The average molecular weight is 598 g/mol. The Kier molecular flexibility index (Phi) is 6.19. The van der Waals surface area contributed by atoms with Crippen LogP contribution in [0.2, 0.25) is 0 Å². The molecular formula is C44H27N3. The van der Waals surface area contributed by atoms with Crippen molar-refractivity contribution in [1.29, 1.82) is 0 Å². The maximum absolute atomic E-state index is 7.21. The molecule has 0 N–H and O–H groups in total. The number of benzene rings is 7. The van der Waals surface area contributed by atoms with Crippen molar-refractivity contribution in [3.05, 3.63) is 175 Å². The zero-order chi connectivity index (χ0) is 31.3. The van der Waals surface area contributed by atoms with Gasteiger partial charge in [0.05, 0.1) is 23.1 Å². The molecular weight excluding hydrogens is 571 g/mol. The molecule has 0 saturated carbocycles. The van der Waals surface area contributed by atoms with Gasteiger partial charge in [-0.25, -0.2) is 9.83 Å². The summed E-state index contributed by atoms with van der Waals surface area (Å²) in [7, 11) is 0. The van der Waals surface area contributed by atoms with E-state index in [1.165, 1.54) is 38.4 Å². The first kappa shape index (κ1) is 26.9. The minimum atomic E-state index is 0.657. The van der Waals surface area contributed by atoms with Crippen LogP contribution in [-0.4, -0.2) is 9.38 Å². The number of fused-ring (bicyclic) bond motifs is 6. The summed E-state index contributed by atoms with van der Waals surface area (Å²) >= 11 is 0. The number of nitrogens with zero attached hydrogens (tertiary/aromatic N) is 3. The zero-order valence-electron chi connectivity index (χ0n) is 25.4. The number of rotatable bonds is 4. The molecule has 0 fully saturated rings. The van der Waals surface area contributed by atoms with Crippen molar-refractivity contribution in [1.82, 2.24) is 9.38 Å². The molecule has 9 rings (SSSR count). The van der Waals surface area contributed by atoms with Crippen LogP contribution in [0.4, 0.5) is 5.69 Å². The van der Waals surface area contributed by atoms with Gasteiger partial charge in [-0.1, -0.05) is 140 Å². The highest BCUT2D eigenvalue weighted by Crippen LogP contribution is 2.38. The first-order chi connectivity index (χ1) is 23.2. The predicted molar refractivity (Wildman–Crippen MR) is 196 cm³/mol. The number of pyridine rings is 1. The molecule has 9 aromatic rings. The van der Waals surface area contributed by atoms with Gasteiger partial charge in [0, 0.05) is 5.56 Å². The van der Waals surface area contributed by atoms with Crippen LogP contribution < -0.4 is 0 Å². The Morgan fingerprint density at radius 1 is 0.447 bits per heavy atom. The van der Waals surface area contributed by atoms with E-state index in [4.69, 9.17) is 11.6 Å². The maximum Gasteiger partial charge on any atom is 0.187 e. The molecule has 0 aliphatic rings. The lowest BCUT2D eigenvalue weighted by atomic mass is 9.91. The summed E-state index contributed by atoms with van der Waals surface area (Å²) in [6.07, 6.45) is 0. The minimum absolute atomic E-state index is 0.657. The van der Waals surface area contributed by atoms with Crippen LogP contribution in [0.1, 0.15) is 0 Å². The predicted octanol–water partition coefficient (Wildman–Crippen LogP) is 12.0. The van der Waals surface area contributed by atoms with Crippen LogP contribution in [0.15, 0.2) is 164 Å². The normalized spacial score (nSPS) is 11.4. The molecule has 7 aromatic carbocycles. The summed E-state index contributed by atoms with van der Waals surface area (Å²) in [5.41, 5.74) is 14.2. The highest BCUT2D eigenvalue weighted by Gasteiger charge is 2.15. The highest BCUT2D eigenvalue weighted by molar-refractivity contribution is 6.05. The van der Waals surface area contributed by atoms with Crippen molar-refractivity contribution in [3.63, 3.8) is 0 Å². The number of para-hydroxylation sites is 3. The SMILES string of the molecule is [C-]#[N+]c1ccc(-c2ccc(-c3ccc(-c4ccc(-c5cc6ccccc6n6c5nc5ccccc56)cc4)c4ccccc34)cc2)cc1. The summed E-state index contributed by atoms with van der Waals surface area (Å²) in [4.78, 5) is 8.59. The van der Waals surface area contributed by atoms with E-state index in [0.29, 0.717) is 5.69 Å². The number of aromatic nitrogens is 2. The second-order valence-corrected chi connectivity index (χ2v) is 11.9. The minimum Gasteiger partial charge on any atom is -0.292 e. The van der Waals surface area contributed by atoms with Crippen molar-refractivity contribution in [2.45, 2.75) is 0 Å². The van der Waals surface area contributed by atoms with Crippen LogP contribution in [-0.2, 0) is 0 Å². The molecule has 0 bridgehead atoms. The van der Waals surface area contributed by atoms with Crippen molar-refractivity contribution >= 4 is 44.0 Å². The van der Waals surface area contributed by atoms with Gasteiger partial charge in [-0.2, -0.15) is 0 Å². The third-order valence-electron chi connectivity index (χ3n) is 9.24. The van der Waals surface area contributed by atoms with Gasteiger partial charge >= 0.3 is 0 Å². The Labute approximate surface area is 272 Å². The van der Waals surface area contributed by atoms with Crippen molar-refractivity contribution in [2.75, 3.05) is 0 Å². The summed E-state index contributed by atoms with van der Waals surface area (Å²) < 4.78 is 2.29.